The van der Waals surface area contributed by atoms with E-state index >= 15 is 4.39 Å². The van der Waals surface area contributed by atoms with Crippen molar-refractivity contribution in [3.63, 3.8) is 0 Å². The average molecular weight is 554 g/mol. The predicted octanol–water partition coefficient (Wildman–Crippen LogP) is 4.45. The summed E-state index contributed by atoms with van der Waals surface area (Å²) >= 11 is 12.2. The molecule has 1 aliphatic rings. The van der Waals surface area contributed by atoms with E-state index in [-0.39, 0.29) is 39.6 Å². The molecule has 1 fully saturated rings. The zero-order valence-corrected chi connectivity index (χ0v) is 22.4. The van der Waals surface area contributed by atoms with Crippen LogP contribution in [0.5, 0.6) is 0 Å². The van der Waals surface area contributed by atoms with E-state index in [1.54, 1.807) is 0 Å². The molecule has 2 aromatic rings. The summed E-state index contributed by atoms with van der Waals surface area (Å²) in [5.74, 6) is -2.91. The van der Waals surface area contributed by atoms with Gasteiger partial charge in [0.15, 0.2) is 0 Å². The highest BCUT2D eigenvalue weighted by molar-refractivity contribution is 6.30. The molecular formula is C27H31Cl2F2N3O3. The number of carbonyl (C=O) groups is 1. The van der Waals surface area contributed by atoms with Crippen molar-refractivity contribution in [3.05, 3.63) is 69.2 Å². The van der Waals surface area contributed by atoms with Gasteiger partial charge in [-0.15, -0.1) is 0 Å². The Balaban J connectivity index is 2.22. The molecule has 1 aliphatic heterocycles. The van der Waals surface area contributed by atoms with Gasteiger partial charge in [-0.3, -0.25) is 4.79 Å². The molecule has 0 spiro atoms. The van der Waals surface area contributed by atoms with Gasteiger partial charge in [-0.1, -0.05) is 50.0 Å². The SMILES string of the molecule is CC(C)(C)C[C@@H]1N[C@@H](C(=O)NCC[C@H](O)CO)[C@@H](c2cc(F)cc(Cl)c2)[C@@]1(C#N)c1ccc(Cl)cc1F. The number of aliphatic hydroxyl groups is 2. The maximum absolute atomic E-state index is 15.5. The molecule has 37 heavy (non-hydrogen) atoms. The number of carbonyl (C=O) groups excluding carboxylic acids is 1. The fourth-order valence-corrected chi connectivity index (χ4v) is 5.53. The number of rotatable bonds is 8. The van der Waals surface area contributed by atoms with E-state index in [2.05, 4.69) is 16.7 Å². The van der Waals surface area contributed by atoms with Crippen molar-refractivity contribution >= 4 is 29.1 Å². The number of nitriles is 1. The van der Waals surface area contributed by atoms with E-state index in [0.29, 0.717) is 6.42 Å². The van der Waals surface area contributed by atoms with Crippen LogP contribution in [0.15, 0.2) is 36.4 Å². The molecule has 1 amide bonds. The molecule has 5 atom stereocenters. The lowest BCUT2D eigenvalue weighted by Gasteiger charge is -2.37. The fraction of sp³-hybridized carbons (Fsp3) is 0.481. The Labute approximate surface area is 225 Å². The average Bonchev–Trinajstić information content (AvgIpc) is 3.11. The van der Waals surface area contributed by atoms with Crippen molar-refractivity contribution in [2.45, 2.75) is 63.1 Å². The molecule has 6 nitrogen and oxygen atoms in total. The molecule has 0 aromatic heterocycles. The zero-order chi connectivity index (χ0) is 27.5. The fourth-order valence-electron chi connectivity index (χ4n) is 5.14. The highest BCUT2D eigenvalue weighted by atomic mass is 35.5. The lowest BCUT2D eigenvalue weighted by atomic mass is 9.62. The van der Waals surface area contributed by atoms with E-state index in [1.807, 2.05) is 20.8 Å². The highest BCUT2D eigenvalue weighted by Gasteiger charge is 2.60. The number of halogens is 4. The van der Waals surface area contributed by atoms with Gasteiger partial charge in [-0.2, -0.15) is 5.26 Å². The zero-order valence-electron chi connectivity index (χ0n) is 20.9. The lowest BCUT2D eigenvalue weighted by molar-refractivity contribution is -0.123. The van der Waals surface area contributed by atoms with Crippen LogP contribution < -0.4 is 10.6 Å². The number of nitrogens with zero attached hydrogens (tertiary/aromatic N) is 1. The molecule has 2 aromatic carbocycles. The molecule has 4 N–H and O–H groups in total. The normalized spacial score (nSPS) is 24.5. The van der Waals surface area contributed by atoms with Gasteiger partial charge in [0.1, 0.15) is 17.0 Å². The van der Waals surface area contributed by atoms with Crippen LogP contribution in [0, 0.1) is 28.4 Å². The van der Waals surface area contributed by atoms with E-state index in [1.165, 1.54) is 24.3 Å². The summed E-state index contributed by atoms with van der Waals surface area (Å²) in [6.45, 7) is 5.49. The van der Waals surface area contributed by atoms with Gasteiger partial charge in [0.05, 0.1) is 24.8 Å². The number of benzene rings is 2. The Kier molecular flexibility index (Phi) is 9.20. The second kappa shape index (κ2) is 11.6. The molecule has 0 unspecified atom stereocenters. The minimum atomic E-state index is -1.63. The van der Waals surface area contributed by atoms with Crippen LogP contribution in [0.1, 0.15) is 50.7 Å². The number of amides is 1. The maximum atomic E-state index is 15.5. The minimum Gasteiger partial charge on any atom is -0.394 e. The van der Waals surface area contributed by atoms with Crippen molar-refractivity contribution in [1.82, 2.24) is 10.6 Å². The molecule has 0 saturated carbocycles. The van der Waals surface area contributed by atoms with Gasteiger partial charge in [0, 0.05) is 34.1 Å². The van der Waals surface area contributed by atoms with Gasteiger partial charge in [0.2, 0.25) is 5.91 Å². The third-order valence-electron chi connectivity index (χ3n) is 6.65. The van der Waals surface area contributed by atoms with E-state index in [9.17, 15) is 19.6 Å². The van der Waals surface area contributed by atoms with Crippen molar-refractivity contribution in [3.8, 4) is 6.07 Å². The molecule has 0 radical (unpaired) electrons. The summed E-state index contributed by atoms with van der Waals surface area (Å²) in [4.78, 5) is 13.5. The lowest BCUT2D eigenvalue weighted by Crippen LogP contribution is -2.46. The first-order valence-electron chi connectivity index (χ1n) is 12.0. The molecule has 0 aliphatic carbocycles. The molecule has 200 valence electrons. The van der Waals surface area contributed by atoms with Gasteiger partial charge in [-0.05, 0) is 54.2 Å². The summed E-state index contributed by atoms with van der Waals surface area (Å²) in [5.41, 5.74) is -1.66. The van der Waals surface area contributed by atoms with Crippen LogP contribution in [0.3, 0.4) is 0 Å². The van der Waals surface area contributed by atoms with Gasteiger partial charge in [-0.25, -0.2) is 8.78 Å². The Morgan fingerprint density at radius 2 is 1.92 bits per heavy atom. The number of hydrogen-bond donors (Lipinski definition) is 4. The summed E-state index contributed by atoms with van der Waals surface area (Å²) in [5, 5.41) is 35.7. The predicted molar refractivity (Wildman–Crippen MR) is 138 cm³/mol. The highest BCUT2D eigenvalue weighted by Crippen LogP contribution is 2.52. The van der Waals surface area contributed by atoms with Crippen molar-refractivity contribution in [2.75, 3.05) is 13.2 Å². The number of hydrogen-bond acceptors (Lipinski definition) is 5. The first kappa shape index (κ1) is 29.3. The minimum absolute atomic E-state index is 0.0394. The van der Waals surface area contributed by atoms with Gasteiger partial charge in [0.25, 0.3) is 0 Å². The summed E-state index contributed by atoms with van der Waals surface area (Å²) in [7, 11) is 0. The van der Waals surface area contributed by atoms with Crippen LogP contribution in [0.4, 0.5) is 8.78 Å². The van der Waals surface area contributed by atoms with Gasteiger partial charge >= 0.3 is 0 Å². The first-order chi connectivity index (χ1) is 17.3. The number of aliphatic hydroxyl groups excluding tert-OH is 2. The van der Waals surface area contributed by atoms with Crippen LogP contribution in [-0.4, -0.2) is 47.5 Å². The molecule has 10 heteroatoms. The third-order valence-corrected chi connectivity index (χ3v) is 7.10. The Morgan fingerprint density at radius 3 is 2.49 bits per heavy atom. The molecule has 1 saturated heterocycles. The topological polar surface area (TPSA) is 105 Å². The van der Waals surface area contributed by atoms with Crippen LogP contribution in [0.25, 0.3) is 0 Å². The van der Waals surface area contributed by atoms with Gasteiger partial charge < -0.3 is 20.8 Å². The smallest absolute Gasteiger partial charge is 0.237 e. The van der Waals surface area contributed by atoms with E-state index in [0.717, 1.165) is 12.1 Å². The quantitative estimate of drug-likeness (QED) is 0.386. The molecule has 1 heterocycles. The summed E-state index contributed by atoms with van der Waals surface area (Å²) < 4.78 is 30.1. The van der Waals surface area contributed by atoms with Crippen molar-refractivity contribution < 1.29 is 23.8 Å². The van der Waals surface area contributed by atoms with Crippen LogP contribution in [0.2, 0.25) is 10.0 Å². The van der Waals surface area contributed by atoms with Crippen molar-refractivity contribution in [1.29, 1.82) is 5.26 Å². The van der Waals surface area contributed by atoms with Crippen LogP contribution >= 0.6 is 23.2 Å². The third kappa shape index (κ3) is 6.42. The second-order valence-corrected chi connectivity index (χ2v) is 11.5. The molecular weight excluding hydrogens is 523 g/mol. The second-order valence-electron chi connectivity index (χ2n) is 10.7. The van der Waals surface area contributed by atoms with E-state index < -0.39 is 53.7 Å². The van der Waals surface area contributed by atoms with E-state index in [4.69, 9.17) is 28.3 Å². The first-order valence-corrected chi connectivity index (χ1v) is 12.7. The number of nitrogens with one attached hydrogen (secondary N) is 2. The maximum Gasteiger partial charge on any atom is 0.237 e. The van der Waals surface area contributed by atoms with Crippen LogP contribution in [-0.2, 0) is 10.2 Å². The largest absolute Gasteiger partial charge is 0.394 e. The monoisotopic (exact) mass is 553 g/mol. The Bertz CT molecular complexity index is 1160. The standard InChI is InChI=1S/C27H31Cl2F2N3O3/c1-26(2,3)12-22-27(14-32,20-5-4-16(28)11-21(20)31)23(15-8-17(29)10-18(30)9-15)24(34-22)25(37)33-7-6-19(36)13-35/h4-5,8-11,19,22-24,34-36H,6-7,12-13H2,1-3H3,(H,33,37)/t19-,22-,23+,24+,27-/m0/s1. The Hall–Kier alpha value is -2.28. The summed E-state index contributed by atoms with van der Waals surface area (Å²) in [6.07, 6.45) is -0.522. The molecule has 3 rings (SSSR count). The molecule has 0 bridgehead atoms. The van der Waals surface area contributed by atoms with Crippen molar-refractivity contribution in [2.24, 2.45) is 5.41 Å². The summed E-state index contributed by atoms with van der Waals surface area (Å²) in [6, 6.07) is 8.37. The Morgan fingerprint density at radius 1 is 1.22 bits per heavy atom.